The lowest BCUT2D eigenvalue weighted by Crippen LogP contribution is -2.18. The molecule has 0 aliphatic rings. The second-order valence-electron chi connectivity index (χ2n) is 3.10. The van der Waals surface area contributed by atoms with E-state index in [0.717, 1.165) is 18.5 Å². The van der Waals surface area contributed by atoms with Gasteiger partial charge in [0.2, 0.25) is 0 Å². The molecular formula is C10H15N3O. The predicted molar refractivity (Wildman–Crippen MR) is 56.0 cm³/mol. The van der Waals surface area contributed by atoms with Gasteiger partial charge in [-0.05, 0) is 18.6 Å². The standard InChI is InChI=1S/C10H15N3O/c1-3-4-8-5-7(10(14)12-2)6-9(11)13-8/h5-6H,3-4H2,1-2H3,(H2,11,13)(H,12,14). The Labute approximate surface area is 83.5 Å². The third-order valence-corrected chi connectivity index (χ3v) is 1.89. The molecule has 0 radical (unpaired) electrons. The van der Waals surface area contributed by atoms with Crippen molar-refractivity contribution in [2.75, 3.05) is 12.8 Å². The van der Waals surface area contributed by atoms with Crippen LogP contribution in [0.1, 0.15) is 29.4 Å². The molecule has 3 N–H and O–H groups in total. The van der Waals surface area contributed by atoms with Crippen LogP contribution in [0.15, 0.2) is 12.1 Å². The minimum Gasteiger partial charge on any atom is -0.384 e. The molecular weight excluding hydrogens is 178 g/mol. The van der Waals surface area contributed by atoms with Crippen LogP contribution in [0.25, 0.3) is 0 Å². The molecule has 1 heterocycles. The number of nitrogens with two attached hydrogens (primary N) is 1. The number of carbonyl (C=O) groups excluding carboxylic acids is 1. The number of aromatic nitrogens is 1. The molecule has 0 aliphatic carbocycles. The smallest absolute Gasteiger partial charge is 0.251 e. The number of nitrogens with one attached hydrogen (secondary N) is 1. The molecule has 4 heteroatoms. The summed E-state index contributed by atoms with van der Waals surface area (Å²) >= 11 is 0. The molecule has 0 spiro atoms. The van der Waals surface area contributed by atoms with Gasteiger partial charge < -0.3 is 11.1 Å². The molecule has 0 saturated heterocycles. The Morgan fingerprint density at radius 3 is 2.86 bits per heavy atom. The third-order valence-electron chi connectivity index (χ3n) is 1.89. The van der Waals surface area contributed by atoms with Crippen molar-refractivity contribution in [3.8, 4) is 0 Å². The Balaban J connectivity index is 3.00. The summed E-state index contributed by atoms with van der Waals surface area (Å²) in [6.07, 6.45) is 1.83. The fourth-order valence-electron chi connectivity index (χ4n) is 1.27. The van der Waals surface area contributed by atoms with Crippen LogP contribution in [-0.2, 0) is 6.42 Å². The number of pyridine rings is 1. The average molecular weight is 193 g/mol. The van der Waals surface area contributed by atoms with Gasteiger partial charge in [-0.2, -0.15) is 0 Å². The van der Waals surface area contributed by atoms with Crippen molar-refractivity contribution >= 4 is 11.7 Å². The molecule has 0 unspecified atom stereocenters. The fourth-order valence-corrected chi connectivity index (χ4v) is 1.27. The van der Waals surface area contributed by atoms with Gasteiger partial charge >= 0.3 is 0 Å². The highest BCUT2D eigenvalue weighted by Crippen LogP contribution is 2.09. The van der Waals surface area contributed by atoms with Crippen LogP contribution in [0.3, 0.4) is 0 Å². The lowest BCUT2D eigenvalue weighted by Gasteiger charge is -2.04. The van der Waals surface area contributed by atoms with Gasteiger partial charge in [0.15, 0.2) is 0 Å². The Bertz CT molecular complexity index is 336. The van der Waals surface area contributed by atoms with E-state index in [4.69, 9.17) is 5.73 Å². The minimum absolute atomic E-state index is 0.128. The van der Waals surface area contributed by atoms with E-state index in [1.165, 1.54) is 0 Å². The maximum atomic E-state index is 11.3. The Kier molecular flexibility index (Phi) is 3.45. The van der Waals surface area contributed by atoms with Gasteiger partial charge in [0.05, 0.1) is 0 Å². The van der Waals surface area contributed by atoms with Crippen molar-refractivity contribution in [1.82, 2.24) is 10.3 Å². The first-order valence-electron chi connectivity index (χ1n) is 4.66. The summed E-state index contributed by atoms with van der Waals surface area (Å²) < 4.78 is 0. The summed E-state index contributed by atoms with van der Waals surface area (Å²) in [5.74, 6) is 0.269. The molecule has 1 aromatic heterocycles. The second-order valence-corrected chi connectivity index (χ2v) is 3.10. The van der Waals surface area contributed by atoms with E-state index >= 15 is 0 Å². The lowest BCUT2D eigenvalue weighted by atomic mass is 10.1. The number of anilines is 1. The van der Waals surface area contributed by atoms with Gasteiger partial charge in [-0.3, -0.25) is 4.79 Å². The minimum atomic E-state index is -0.128. The third kappa shape index (κ3) is 2.45. The van der Waals surface area contributed by atoms with E-state index < -0.39 is 0 Å². The zero-order chi connectivity index (χ0) is 10.6. The number of rotatable bonds is 3. The summed E-state index contributed by atoms with van der Waals surface area (Å²) in [4.78, 5) is 15.5. The van der Waals surface area contributed by atoms with E-state index in [-0.39, 0.29) is 5.91 Å². The van der Waals surface area contributed by atoms with Gasteiger partial charge in [-0.1, -0.05) is 13.3 Å². The van der Waals surface area contributed by atoms with E-state index in [1.54, 1.807) is 19.2 Å². The van der Waals surface area contributed by atoms with Crippen molar-refractivity contribution < 1.29 is 4.79 Å². The van der Waals surface area contributed by atoms with Crippen LogP contribution in [0, 0.1) is 0 Å². The number of nitrogens with zero attached hydrogens (tertiary/aromatic N) is 1. The van der Waals surface area contributed by atoms with Crippen molar-refractivity contribution in [3.05, 3.63) is 23.4 Å². The highest BCUT2D eigenvalue weighted by atomic mass is 16.1. The predicted octanol–water partition coefficient (Wildman–Crippen LogP) is 0.976. The maximum absolute atomic E-state index is 11.3. The molecule has 0 fully saturated rings. The van der Waals surface area contributed by atoms with Crippen LogP contribution in [0.2, 0.25) is 0 Å². The monoisotopic (exact) mass is 193 g/mol. The highest BCUT2D eigenvalue weighted by Gasteiger charge is 2.06. The maximum Gasteiger partial charge on any atom is 0.251 e. The molecule has 0 aliphatic heterocycles. The van der Waals surface area contributed by atoms with Crippen molar-refractivity contribution in [2.45, 2.75) is 19.8 Å². The van der Waals surface area contributed by atoms with Crippen LogP contribution in [0.5, 0.6) is 0 Å². The van der Waals surface area contributed by atoms with E-state index in [0.29, 0.717) is 11.4 Å². The zero-order valence-electron chi connectivity index (χ0n) is 8.50. The molecule has 1 aromatic rings. The van der Waals surface area contributed by atoms with Gasteiger partial charge in [0.25, 0.3) is 5.91 Å². The highest BCUT2D eigenvalue weighted by molar-refractivity contribution is 5.94. The Morgan fingerprint density at radius 2 is 2.29 bits per heavy atom. The van der Waals surface area contributed by atoms with Crippen molar-refractivity contribution in [3.63, 3.8) is 0 Å². The number of aryl methyl sites for hydroxylation is 1. The van der Waals surface area contributed by atoms with Gasteiger partial charge in [-0.25, -0.2) is 4.98 Å². The topological polar surface area (TPSA) is 68.0 Å². The lowest BCUT2D eigenvalue weighted by molar-refractivity contribution is 0.0963. The number of hydrogen-bond acceptors (Lipinski definition) is 3. The molecule has 1 rings (SSSR count). The molecule has 0 bridgehead atoms. The van der Waals surface area contributed by atoms with Crippen molar-refractivity contribution in [1.29, 1.82) is 0 Å². The van der Waals surface area contributed by atoms with E-state index in [1.807, 2.05) is 0 Å². The summed E-state index contributed by atoms with van der Waals surface area (Å²) in [6.45, 7) is 2.06. The first-order chi connectivity index (χ1) is 6.67. The summed E-state index contributed by atoms with van der Waals surface area (Å²) in [7, 11) is 1.60. The number of hydrogen-bond donors (Lipinski definition) is 2. The quantitative estimate of drug-likeness (QED) is 0.751. The molecule has 0 atom stereocenters. The average Bonchev–Trinajstić information content (AvgIpc) is 2.16. The number of carbonyl (C=O) groups is 1. The second kappa shape index (κ2) is 4.60. The van der Waals surface area contributed by atoms with E-state index in [9.17, 15) is 4.79 Å². The molecule has 0 aromatic carbocycles. The summed E-state index contributed by atoms with van der Waals surface area (Å²) in [6, 6.07) is 3.36. The largest absolute Gasteiger partial charge is 0.384 e. The number of nitrogen functional groups attached to an aromatic ring is 1. The Hall–Kier alpha value is -1.58. The molecule has 14 heavy (non-hydrogen) atoms. The first-order valence-corrected chi connectivity index (χ1v) is 4.66. The normalized spacial score (nSPS) is 9.86. The van der Waals surface area contributed by atoms with Crippen LogP contribution in [0.4, 0.5) is 5.82 Å². The van der Waals surface area contributed by atoms with Crippen LogP contribution >= 0.6 is 0 Å². The SMILES string of the molecule is CCCc1cc(C(=O)NC)cc(N)n1. The first kappa shape index (κ1) is 10.5. The summed E-state index contributed by atoms with van der Waals surface area (Å²) in [5.41, 5.74) is 7.03. The van der Waals surface area contributed by atoms with Crippen LogP contribution < -0.4 is 11.1 Å². The Morgan fingerprint density at radius 1 is 1.57 bits per heavy atom. The van der Waals surface area contributed by atoms with E-state index in [2.05, 4.69) is 17.2 Å². The number of amides is 1. The van der Waals surface area contributed by atoms with Crippen molar-refractivity contribution in [2.24, 2.45) is 0 Å². The fraction of sp³-hybridized carbons (Fsp3) is 0.400. The molecule has 76 valence electrons. The van der Waals surface area contributed by atoms with Crippen LogP contribution in [-0.4, -0.2) is 17.9 Å². The molecule has 4 nitrogen and oxygen atoms in total. The van der Waals surface area contributed by atoms with Gasteiger partial charge in [-0.15, -0.1) is 0 Å². The zero-order valence-corrected chi connectivity index (χ0v) is 8.50. The molecule has 0 saturated carbocycles. The van der Waals surface area contributed by atoms with Gasteiger partial charge in [0, 0.05) is 18.3 Å². The summed E-state index contributed by atoms with van der Waals surface area (Å²) in [5, 5.41) is 2.56. The van der Waals surface area contributed by atoms with Gasteiger partial charge in [0.1, 0.15) is 5.82 Å². The molecule has 1 amide bonds.